The topological polar surface area (TPSA) is 57.6 Å². The number of aliphatic hydroxyl groups is 1. The summed E-state index contributed by atoms with van der Waals surface area (Å²) in [4.78, 5) is 1.45. The molecular weight excluding hydrogens is 264 g/mol. The number of rotatable bonds is 6. The van der Waals surface area contributed by atoms with Crippen LogP contribution in [0.5, 0.6) is 0 Å². The molecule has 4 nitrogen and oxygen atoms in total. The van der Waals surface area contributed by atoms with E-state index in [1.807, 2.05) is 4.90 Å². The van der Waals surface area contributed by atoms with Crippen LogP contribution in [-0.4, -0.2) is 44.4 Å². The lowest BCUT2D eigenvalue weighted by Crippen LogP contribution is -2.21. The molecule has 0 amide bonds. The van der Waals surface area contributed by atoms with Gasteiger partial charge in [-0.2, -0.15) is 8.78 Å². The van der Waals surface area contributed by atoms with Crippen molar-refractivity contribution >= 4 is 9.84 Å². The summed E-state index contributed by atoms with van der Waals surface area (Å²) in [5, 5.41) is 8.72. The van der Waals surface area contributed by atoms with Gasteiger partial charge in [0.05, 0.1) is 11.5 Å². The molecule has 0 saturated carbocycles. The van der Waals surface area contributed by atoms with Gasteiger partial charge in [-0.15, -0.1) is 0 Å². The molecule has 0 aliphatic heterocycles. The highest BCUT2D eigenvalue weighted by molar-refractivity contribution is 7.91. The van der Waals surface area contributed by atoms with Crippen LogP contribution in [-0.2, 0) is 16.4 Å². The molecule has 0 fully saturated rings. The molecule has 1 aromatic carbocycles. The Kier molecular flexibility index (Phi) is 5.18. The first-order chi connectivity index (χ1) is 8.37. The maximum atomic E-state index is 12.3. The third-order valence-electron chi connectivity index (χ3n) is 2.42. The van der Waals surface area contributed by atoms with Gasteiger partial charge in [0.15, 0.2) is 0 Å². The van der Waals surface area contributed by atoms with E-state index in [1.165, 1.54) is 24.3 Å². The molecule has 0 aliphatic rings. The van der Waals surface area contributed by atoms with Crippen LogP contribution in [0.1, 0.15) is 5.56 Å². The average molecular weight is 279 g/mol. The normalized spacial score (nSPS) is 12.3. The predicted molar refractivity (Wildman–Crippen MR) is 63.1 cm³/mol. The molecule has 0 bridgehead atoms. The number of halogens is 2. The van der Waals surface area contributed by atoms with Crippen molar-refractivity contribution in [1.29, 1.82) is 0 Å². The zero-order chi connectivity index (χ0) is 13.8. The Balaban J connectivity index is 2.81. The highest BCUT2D eigenvalue weighted by Crippen LogP contribution is 2.18. The van der Waals surface area contributed by atoms with Gasteiger partial charge in [0.2, 0.25) is 9.84 Å². The number of nitrogens with zero attached hydrogens (tertiary/aromatic N) is 1. The summed E-state index contributed by atoms with van der Waals surface area (Å²) in [6.45, 7) is 1.01. The lowest BCUT2D eigenvalue weighted by molar-refractivity contribution is 0.217. The summed E-state index contributed by atoms with van der Waals surface area (Å²) in [5.41, 5.74) is 0.791. The summed E-state index contributed by atoms with van der Waals surface area (Å²) in [5.74, 6) is -3.40. The lowest BCUT2D eigenvalue weighted by Gasteiger charge is -2.15. The largest absolute Gasteiger partial charge is 0.395 e. The Morgan fingerprint density at radius 2 is 1.83 bits per heavy atom. The Morgan fingerprint density at radius 3 is 2.28 bits per heavy atom. The maximum Gasteiger partial charge on any atom is 0.341 e. The number of hydrogen-bond donors (Lipinski definition) is 1. The first kappa shape index (κ1) is 15.0. The zero-order valence-corrected chi connectivity index (χ0v) is 10.7. The van der Waals surface area contributed by atoms with Crippen LogP contribution in [0, 0.1) is 0 Å². The first-order valence-corrected chi connectivity index (χ1v) is 6.83. The van der Waals surface area contributed by atoms with Crippen LogP contribution in [0.15, 0.2) is 29.2 Å². The van der Waals surface area contributed by atoms with E-state index in [4.69, 9.17) is 5.11 Å². The van der Waals surface area contributed by atoms with Crippen molar-refractivity contribution in [1.82, 2.24) is 4.90 Å². The fraction of sp³-hybridized carbons (Fsp3) is 0.455. The summed E-state index contributed by atoms with van der Waals surface area (Å²) in [6.07, 6.45) is 0. The number of alkyl halides is 2. The molecule has 0 aliphatic carbocycles. The van der Waals surface area contributed by atoms with Crippen LogP contribution in [0.25, 0.3) is 0 Å². The van der Waals surface area contributed by atoms with Gasteiger partial charge in [-0.3, -0.25) is 4.90 Å². The standard InChI is InChI=1S/C11H15F2NO3S/c1-14(6-7-15)8-9-2-4-10(5-3-9)18(16,17)11(12)13/h2-5,11,15H,6-8H2,1H3. The Labute approximate surface area is 105 Å². The summed E-state index contributed by atoms with van der Waals surface area (Å²) in [6, 6.07) is 5.32. The van der Waals surface area contributed by atoms with Gasteiger partial charge in [-0.1, -0.05) is 12.1 Å². The van der Waals surface area contributed by atoms with Crippen molar-refractivity contribution in [2.75, 3.05) is 20.2 Å². The Bertz CT molecular complexity index is 474. The fourth-order valence-corrected chi connectivity index (χ4v) is 2.17. The molecule has 0 radical (unpaired) electrons. The Hall–Kier alpha value is -1.05. The molecule has 0 saturated heterocycles. The lowest BCUT2D eigenvalue weighted by atomic mass is 10.2. The molecule has 0 spiro atoms. The minimum Gasteiger partial charge on any atom is -0.395 e. The monoisotopic (exact) mass is 279 g/mol. The third-order valence-corrected chi connectivity index (χ3v) is 3.82. The van der Waals surface area contributed by atoms with Crippen LogP contribution in [0.4, 0.5) is 8.78 Å². The number of hydrogen-bond acceptors (Lipinski definition) is 4. The van der Waals surface area contributed by atoms with E-state index in [2.05, 4.69) is 0 Å². The third kappa shape index (κ3) is 3.72. The van der Waals surface area contributed by atoms with Gasteiger partial charge in [0.1, 0.15) is 0 Å². The smallest absolute Gasteiger partial charge is 0.341 e. The van der Waals surface area contributed by atoms with Crippen molar-refractivity contribution in [3.63, 3.8) is 0 Å². The molecule has 0 unspecified atom stereocenters. The highest BCUT2D eigenvalue weighted by atomic mass is 32.2. The molecule has 0 atom stereocenters. The van der Waals surface area contributed by atoms with Crippen LogP contribution in [0.2, 0.25) is 0 Å². The van der Waals surface area contributed by atoms with Crippen LogP contribution < -0.4 is 0 Å². The predicted octanol–water partition coefficient (Wildman–Crippen LogP) is 1.11. The van der Waals surface area contributed by atoms with Crippen LogP contribution >= 0.6 is 0 Å². The second-order valence-electron chi connectivity index (χ2n) is 3.91. The summed E-state index contributed by atoms with van der Waals surface area (Å²) in [7, 11) is -2.73. The van der Waals surface area contributed by atoms with E-state index in [0.717, 1.165) is 5.56 Å². The minimum absolute atomic E-state index is 0.0222. The molecule has 18 heavy (non-hydrogen) atoms. The van der Waals surface area contributed by atoms with Crippen LogP contribution in [0.3, 0.4) is 0 Å². The molecule has 1 rings (SSSR count). The quantitative estimate of drug-likeness (QED) is 0.847. The second kappa shape index (κ2) is 6.21. The molecular formula is C11H15F2NO3S. The van der Waals surface area contributed by atoms with Gasteiger partial charge in [0, 0.05) is 13.1 Å². The first-order valence-electron chi connectivity index (χ1n) is 5.28. The van der Waals surface area contributed by atoms with E-state index < -0.39 is 15.6 Å². The van der Waals surface area contributed by atoms with Crippen molar-refractivity contribution in [3.05, 3.63) is 29.8 Å². The molecule has 1 N–H and O–H groups in total. The van der Waals surface area contributed by atoms with Crippen molar-refractivity contribution in [2.24, 2.45) is 0 Å². The van der Waals surface area contributed by atoms with E-state index in [-0.39, 0.29) is 11.5 Å². The van der Waals surface area contributed by atoms with Crippen molar-refractivity contribution < 1.29 is 22.3 Å². The summed E-state index contributed by atoms with van der Waals surface area (Å²) >= 11 is 0. The SMILES string of the molecule is CN(CCO)Cc1ccc(S(=O)(=O)C(F)F)cc1. The van der Waals surface area contributed by atoms with E-state index in [9.17, 15) is 17.2 Å². The number of likely N-dealkylation sites (N-methyl/N-ethyl adjacent to an activating group) is 1. The number of aliphatic hydroxyl groups excluding tert-OH is 1. The molecule has 1 aromatic rings. The van der Waals surface area contributed by atoms with E-state index >= 15 is 0 Å². The maximum absolute atomic E-state index is 12.3. The number of benzene rings is 1. The molecule has 7 heteroatoms. The molecule has 102 valence electrons. The fourth-order valence-electron chi connectivity index (χ4n) is 1.45. The minimum atomic E-state index is -4.52. The number of sulfone groups is 1. The van der Waals surface area contributed by atoms with Crippen molar-refractivity contribution in [2.45, 2.75) is 17.2 Å². The summed E-state index contributed by atoms with van der Waals surface area (Å²) < 4.78 is 46.9. The van der Waals surface area contributed by atoms with Gasteiger partial charge in [-0.05, 0) is 24.7 Å². The van der Waals surface area contributed by atoms with Gasteiger partial charge >= 0.3 is 5.76 Å². The molecule has 0 aromatic heterocycles. The van der Waals surface area contributed by atoms with E-state index in [0.29, 0.717) is 13.1 Å². The van der Waals surface area contributed by atoms with Crippen molar-refractivity contribution in [3.8, 4) is 0 Å². The zero-order valence-electron chi connectivity index (χ0n) is 9.88. The van der Waals surface area contributed by atoms with E-state index in [1.54, 1.807) is 7.05 Å². The van der Waals surface area contributed by atoms with Gasteiger partial charge in [-0.25, -0.2) is 8.42 Å². The molecule has 0 heterocycles. The average Bonchev–Trinajstić information content (AvgIpc) is 2.29. The second-order valence-corrected chi connectivity index (χ2v) is 5.83. The Morgan fingerprint density at radius 1 is 1.28 bits per heavy atom. The van der Waals surface area contributed by atoms with Gasteiger partial charge < -0.3 is 5.11 Å². The highest BCUT2D eigenvalue weighted by Gasteiger charge is 2.26. The van der Waals surface area contributed by atoms with Gasteiger partial charge in [0.25, 0.3) is 0 Å².